The van der Waals surface area contributed by atoms with Gasteiger partial charge >= 0.3 is 0 Å². The molecule has 0 saturated heterocycles. The molecule has 0 radical (unpaired) electrons. The molecule has 1 aromatic heterocycles. The normalized spacial score (nSPS) is 16.5. The number of benzene rings is 1. The fourth-order valence-electron chi connectivity index (χ4n) is 2.48. The van der Waals surface area contributed by atoms with Crippen molar-refractivity contribution in [1.82, 2.24) is 5.01 Å². The van der Waals surface area contributed by atoms with Crippen LogP contribution in [0.3, 0.4) is 0 Å². The zero-order chi connectivity index (χ0) is 18.1. The van der Waals surface area contributed by atoms with Crippen LogP contribution in [0.5, 0.6) is 0 Å². The first-order valence-corrected chi connectivity index (χ1v) is 9.39. The van der Waals surface area contributed by atoms with Crippen LogP contribution < -0.4 is 0 Å². The second kappa shape index (κ2) is 6.85. The molecule has 2 heterocycles. The molecule has 130 valence electrons. The molecular formula is C16H15N3O4S2. The molecule has 1 aromatic carbocycles. The van der Waals surface area contributed by atoms with E-state index in [0.717, 1.165) is 14.6 Å². The van der Waals surface area contributed by atoms with Crippen molar-refractivity contribution >= 4 is 40.6 Å². The van der Waals surface area contributed by atoms with Crippen LogP contribution >= 0.6 is 23.1 Å². The lowest BCUT2D eigenvalue weighted by Crippen LogP contribution is -2.25. The first-order valence-electron chi connectivity index (χ1n) is 7.35. The predicted molar refractivity (Wildman–Crippen MR) is 96.8 cm³/mol. The Morgan fingerprint density at radius 2 is 2.20 bits per heavy atom. The highest BCUT2D eigenvalue weighted by Gasteiger charge is 2.35. The van der Waals surface area contributed by atoms with Gasteiger partial charge in [-0.15, -0.1) is 28.2 Å². The summed E-state index contributed by atoms with van der Waals surface area (Å²) >= 11 is 3.20. The van der Waals surface area contributed by atoms with E-state index in [1.807, 2.05) is 19.2 Å². The summed E-state index contributed by atoms with van der Waals surface area (Å²) in [7, 11) is 0. The molecule has 0 spiro atoms. The summed E-state index contributed by atoms with van der Waals surface area (Å²) < 4.78 is 6.97. The summed E-state index contributed by atoms with van der Waals surface area (Å²) in [5.41, 5.74) is 1.27. The van der Waals surface area contributed by atoms with E-state index < -0.39 is 11.2 Å². The summed E-state index contributed by atoms with van der Waals surface area (Å²) in [5, 5.41) is 16.5. The van der Waals surface area contributed by atoms with E-state index in [1.165, 1.54) is 24.1 Å². The maximum Gasteiger partial charge on any atom is 0.270 e. The van der Waals surface area contributed by atoms with Crippen molar-refractivity contribution in [2.24, 2.45) is 5.10 Å². The molecule has 3 rings (SSSR count). The molecule has 1 amide bonds. The van der Waals surface area contributed by atoms with Gasteiger partial charge in [-0.05, 0) is 25.3 Å². The Balaban J connectivity index is 1.99. The fraction of sp³-hybridized carbons (Fsp3) is 0.250. The zero-order valence-electron chi connectivity index (χ0n) is 13.8. The Labute approximate surface area is 152 Å². The minimum absolute atomic E-state index is 0.0576. The second-order valence-corrected chi connectivity index (χ2v) is 7.68. The van der Waals surface area contributed by atoms with Gasteiger partial charge in [-0.2, -0.15) is 5.01 Å². The molecule has 1 atom stereocenters. The summed E-state index contributed by atoms with van der Waals surface area (Å²) in [6.45, 7) is 3.40. The summed E-state index contributed by atoms with van der Waals surface area (Å²) in [6.07, 6.45) is 1.30. The molecule has 0 N–H and O–H groups in total. The first-order chi connectivity index (χ1) is 11.9. The number of carbonyl (C=O) groups is 1. The number of nitro benzene ring substituents is 1. The monoisotopic (exact) mass is 377 g/mol. The van der Waals surface area contributed by atoms with Crippen molar-refractivity contribution < 1.29 is 14.5 Å². The number of non-ortho nitro benzene ring substituents is 1. The molecule has 0 bridgehead atoms. The number of thioether (sulfide) groups is 1. The van der Waals surface area contributed by atoms with E-state index in [-0.39, 0.29) is 17.5 Å². The van der Waals surface area contributed by atoms with Crippen molar-refractivity contribution in [3.63, 3.8) is 0 Å². The Morgan fingerprint density at radius 1 is 1.44 bits per heavy atom. The Kier molecular flexibility index (Phi) is 4.78. The summed E-state index contributed by atoms with van der Waals surface area (Å²) in [6, 6.07) is 7.98. The fourth-order valence-corrected chi connectivity index (χ4v) is 4.36. The van der Waals surface area contributed by atoms with Gasteiger partial charge in [0.2, 0.25) is 18.0 Å². The standard InChI is InChI=1S/C16H15N3O4S2/c1-9-7-13(16(24-3)25-9)15-18(10(2)20)17-14(23-15)11-5-4-6-12(8-11)19(21)22/h4-8,15H,1-3H3/t15-/m1/s1. The Morgan fingerprint density at radius 3 is 2.84 bits per heavy atom. The van der Waals surface area contributed by atoms with Gasteiger partial charge in [-0.1, -0.05) is 6.07 Å². The van der Waals surface area contributed by atoms with Crippen LogP contribution in [0.25, 0.3) is 0 Å². The lowest BCUT2D eigenvalue weighted by atomic mass is 10.2. The van der Waals surface area contributed by atoms with Crippen molar-refractivity contribution in [2.75, 3.05) is 6.26 Å². The number of nitro groups is 1. The largest absolute Gasteiger partial charge is 0.446 e. The highest BCUT2D eigenvalue weighted by Crippen LogP contribution is 2.40. The minimum Gasteiger partial charge on any atom is -0.446 e. The van der Waals surface area contributed by atoms with Gasteiger partial charge in [0, 0.05) is 35.1 Å². The third-order valence-electron chi connectivity index (χ3n) is 3.57. The van der Waals surface area contributed by atoms with E-state index in [0.29, 0.717) is 5.56 Å². The molecule has 0 fully saturated rings. The second-order valence-electron chi connectivity index (χ2n) is 5.35. The van der Waals surface area contributed by atoms with Crippen LogP contribution in [-0.2, 0) is 9.53 Å². The number of aryl methyl sites for hydroxylation is 1. The van der Waals surface area contributed by atoms with Gasteiger partial charge in [0.05, 0.1) is 9.13 Å². The van der Waals surface area contributed by atoms with Crippen LogP contribution in [0, 0.1) is 17.0 Å². The molecule has 1 aliphatic heterocycles. The number of rotatable bonds is 4. The van der Waals surface area contributed by atoms with Gasteiger partial charge < -0.3 is 4.74 Å². The molecule has 0 unspecified atom stereocenters. The first kappa shape index (κ1) is 17.4. The number of carbonyl (C=O) groups excluding carboxylic acids is 1. The highest BCUT2D eigenvalue weighted by molar-refractivity contribution is 8.00. The quantitative estimate of drug-likeness (QED) is 0.458. The number of hydrogen-bond acceptors (Lipinski definition) is 7. The van der Waals surface area contributed by atoms with Crippen LogP contribution in [0.1, 0.15) is 29.2 Å². The lowest BCUT2D eigenvalue weighted by Gasteiger charge is -2.19. The minimum atomic E-state index is -0.667. The topological polar surface area (TPSA) is 85.0 Å². The maximum absolute atomic E-state index is 12.0. The average Bonchev–Trinajstić information content (AvgIpc) is 3.18. The molecule has 0 saturated carbocycles. The van der Waals surface area contributed by atoms with E-state index in [1.54, 1.807) is 35.2 Å². The van der Waals surface area contributed by atoms with Crippen LogP contribution in [-0.4, -0.2) is 28.0 Å². The van der Waals surface area contributed by atoms with Crippen LogP contribution in [0.15, 0.2) is 39.6 Å². The molecule has 2 aromatic rings. The number of hydrazone groups is 1. The molecule has 7 nitrogen and oxygen atoms in total. The van der Waals surface area contributed by atoms with Gasteiger partial charge in [-0.25, -0.2) is 0 Å². The predicted octanol–water partition coefficient (Wildman–Crippen LogP) is 3.93. The van der Waals surface area contributed by atoms with E-state index in [2.05, 4.69) is 5.10 Å². The van der Waals surface area contributed by atoms with Gasteiger partial charge in [0.15, 0.2) is 0 Å². The van der Waals surface area contributed by atoms with Crippen molar-refractivity contribution in [3.05, 3.63) is 56.5 Å². The smallest absolute Gasteiger partial charge is 0.270 e. The van der Waals surface area contributed by atoms with Gasteiger partial charge in [-0.3, -0.25) is 14.9 Å². The van der Waals surface area contributed by atoms with E-state index >= 15 is 0 Å². The molecule has 0 aliphatic carbocycles. The summed E-state index contributed by atoms with van der Waals surface area (Å²) in [4.78, 5) is 23.6. The Bertz CT molecular complexity index is 878. The molecule has 9 heteroatoms. The highest BCUT2D eigenvalue weighted by atomic mass is 32.2. The van der Waals surface area contributed by atoms with E-state index in [4.69, 9.17) is 4.74 Å². The SMILES string of the molecule is CSc1sc(C)cc1[C@H]1OC(c2cccc([N+](=O)[O-])c2)=NN1C(C)=O. The van der Waals surface area contributed by atoms with Crippen molar-refractivity contribution in [3.8, 4) is 0 Å². The number of hydrogen-bond donors (Lipinski definition) is 0. The van der Waals surface area contributed by atoms with E-state index in [9.17, 15) is 14.9 Å². The third kappa shape index (κ3) is 3.38. The molecule has 1 aliphatic rings. The van der Waals surface area contributed by atoms with Crippen molar-refractivity contribution in [2.45, 2.75) is 24.3 Å². The van der Waals surface area contributed by atoms with Gasteiger partial charge in [0.1, 0.15) is 0 Å². The van der Waals surface area contributed by atoms with Gasteiger partial charge in [0.25, 0.3) is 5.69 Å². The number of ether oxygens (including phenoxy) is 1. The lowest BCUT2D eigenvalue weighted by molar-refractivity contribution is -0.384. The zero-order valence-corrected chi connectivity index (χ0v) is 15.4. The Hall–Kier alpha value is -2.39. The molecular weight excluding hydrogens is 362 g/mol. The van der Waals surface area contributed by atoms with Crippen molar-refractivity contribution in [1.29, 1.82) is 0 Å². The number of amides is 1. The third-order valence-corrected chi connectivity index (χ3v) is 5.79. The van der Waals surface area contributed by atoms with Crippen LogP contribution in [0.4, 0.5) is 5.69 Å². The summed E-state index contributed by atoms with van der Waals surface area (Å²) in [5.74, 6) is -0.0684. The van der Waals surface area contributed by atoms with Crippen LogP contribution in [0.2, 0.25) is 0 Å². The number of thiophene rings is 1. The maximum atomic E-state index is 12.0. The number of nitrogens with zero attached hydrogens (tertiary/aromatic N) is 3. The average molecular weight is 377 g/mol. The molecule has 25 heavy (non-hydrogen) atoms.